The highest BCUT2D eigenvalue weighted by Crippen LogP contribution is 2.60. The zero-order chi connectivity index (χ0) is 54.6. The van der Waals surface area contributed by atoms with E-state index in [4.69, 9.17) is 35.7 Å². The minimum Gasteiger partial charge on any atom is -0.497 e. The van der Waals surface area contributed by atoms with E-state index in [1.165, 1.54) is 0 Å². The Morgan fingerprint density at radius 3 is 0.816 bits per heavy atom. The molecule has 10 heteroatoms. The Morgan fingerprint density at radius 1 is 0.329 bits per heavy atom. The first-order valence-corrected chi connectivity index (χ1v) is 28.5. The molecule has 10 aromatic rings. The van der Waals surface area contributed by atoms with Crippen molar-refractivity contribution in [3.8, 4) is 44.7 Å². The van der Waals surface area contributed by atoms with Crippen LogP contribution in [0.15, 0.2) is 126 Å². The van der Waals surface area contributed by atoms with Gasteiger partial charge in [0, 0.05) is 54.9 Å². The second kappa shape index (κ2) is 19.1. The van der Waals surface area contributed by atoms with E-state index in [1.54, 1.807) is 28.4 Å². The van der Waals surface area contributed by atoms with Crippen molar-refractivity contribution >= 4 is 81.4 Å². The van der Waals surface area contributed by atoms with Gasteiger partial charge in [-0.2, -0.15) is 0 Å². The molecule has 0 atom stereocenters. The summed E-state index contributed by atoms with van der Waals surface area (Å²) in [6.07, 6.45) is 0. The van der Waals surface area contributed by atoms with E-state index < -0.39 is 16.0 Å². The Kier molecular flexibility index (Phi) is 13.2. The van der Waals surface area contributed by atoms with Gasteiger partial charge in [0.1, 0.15) is 45.3 Å². The first kappa shape index (κ1) is 52.7. The van der Waals surface area contributed by atoms with Crippen LogP contribution in [0, 0.1) is 13.8 Å². The summed E-state index contributed by atoms with van der Waals surface area (Å²) in [7, 11) is 2.92. The van der Waals surface area contributed by atoms with Gasteiger partial charge in [-0.3, -0.25) is 0 Å². The van der Waals surface area contributed by atoms with Crippen molar-refractivity contribution < 1.29 is 35.7 Å². The van der Waals surface area contributed by atoms with Gasteiger partial charge in [-0.05, 0) is 117 Å². The van der Waals surface area contributed by atoms with Crippen LogP contribution in [0.25, 0.3) is 87.2 Å². The fraction of sp³-hybridized carbons (Fsp3) is 0.333. The molecule has 0 fully saturated rings. The molecular formula is C66H72O8P2. The molecule has 0 saturated heterocycles. The van der Waals surface area contributed by atoms with Crippen LogP contribution in [-0.2, 0) is 21.7 Å². The minimum atomic E-state index is -1.98. The van der Waals surface area contributed by atoms with E-state index in [9.17, 15) is 0 Å². The molecule has 0 unspecified atom stereocenters. The fourth-order valence-electron chi connectivity index (χ4n) is 10.8. The van der Waals surface area contributed by atoms with Gasteiger partial charge in [0.15, 0.2) is 0 Å². The molecule has 10 rings (SSSR count). The van der Waals surface area contributed by atoms with E-state index in [0.717, 1.165) is 144 Å². The van der Waals surface area contributed by atoms with E-state index in [0.29, 0.717) is 0 Å². The van der Waals surface area contributed by atoms with Crippen LogP contribution in [0.1, 0.15) is 116 Å². The summed E-state index contributed by atoms with van der Waals surface area (Å²) in [6, 6.07) is 38.7. The molecule has 0 aliphatic heterocycles. The summed E-state index contributed by atoms with van der Waals surface area (Å²) in [5.41, 5.74) is 9.70. The number of ether oxygens (including phenoxy) is 4. The van der Waals surface area contributed by atoms with Crippen LogP contribution in [0.5, 0.6) is 23.0 Å². The number of rotatable bonds is 7. The second-order valence-corrected chi connectivity index (χ2v) is 27.0. The Balaban J connectivity index is 1.49. The molecule has 394 valence electrons. The molecule has 8 nitrogen and oxygen atoms in total. The molecule has 0 N–H and O–H groups in total. The van der Waals surface area contributed by atoms with E-state index >= 15 is 0 Å². The average Bonchev–Trinajstić information content (AvgIpc) is 3.68. The molecule has 2 aromatic heterocycles. The first-order chi connectivity index (χ1) is 35.8. The topological polar surface area (TPSA) is 89.5 Å². The van der Waals surface area contributed by atoms with E-state index in [1.807, 2.05) is 0 Å². The molecule has 0 radical (unpaired) electrons. The Bertz CT molecular complexity index is 3620. The number of aryl methyl sites for hydroxylation is 2. The molecule has 0 amide bonds. The third-order valence-corrected chi connectivity index (χ3v) is 18.0. The summed E-state index contributed by atoms with van der Waals surface area (Å²) in [5.74, 6) is 2.94. The van der Waals surface area contributed by atoms with Crippen LogP contribution >= 0.6 is 16.0 Å². The lowest BCUT2D eigenvalue weighted by atomic mass is 9.84. The molecule has 0 spiro atoms. The largest absolute Gasteiger partial charge is 0.497 e. The lowest BCUT2D eigenvalue weighted by Gasteiger charge is -2.22. The molecule has 0 aliphatic rings. The van der Waals surface area contributed by atoms with Crippen molar-refractivity contribution in [3.05, 3.63) is 143 Å². The Hall–Kier alpha value is -6.72. The van der Waals surface area contributed by atoms with E-state index in [-0.39, 0.29) is 21.7 Å². The number of methoxy groups -OCH3 is 4. The van der Waals surface area contributed by atoms with Gasteiger partial charge >= 0.3 is 0 Å². The smallest absolute Gasteiger partial charge is 0.253 e. The maximum absolute atomic E-state index is 7.77. The maximum Gasteiger partial charge on any atom is 0.253 e. The van der Waals surface area contributed by atoms with Crippen molar-refractivity contribution in [1.82, 2.24) is 0 Å². The van der Waals surface area contributed by atoms with Gasteiger partial charge < -0.3 is 35.7 Å². The Labute approximate surface area is 449 Å². The molecule has 8 aromatic carbocycles. The lowest BCUT2D eigenvalue weighted by Crippen LogP contribution is -2.12. The predicted molar refractivity (Wildman–Crippen MR) is 320 cm³/mol. The molecule has 76 heavy (non-hydrogen) atoms. The summed E-state index contributed by atoms with van der Waals surface area (Å²) < 4.78 is 55.4. The summed E-state index contributed by atoms with van der Waals surface area (Å²) in [4.78, 5) is 0. The van der Waals surface area contributed by atoms with Gasteiger partial charge in [-0.25, -0.2) is 0 Å². The quantitative estimate of drug-likeness (QED) is 0.156. The molecule has 0 saturated carbocycles. The highest BCUT2D eigenvalue weighted by atomic mass is 31.1. The standard InChI is InChI=1S/C66H72O8P2/c1-37-27-39-23-19-21-25-45(39)55(61(37)75-71-57-47(29-41(67-15)33-51(57)63(3,4)5)48-30-42(68-16)34-52(58(48)72-75)64(6,7)8)56-46-26-22-20-24-40(46)28-38(2)62(56)76-73-59-49(31-43(69-17)35-53(59)65(9,10)11)50-32-44(70-18)36-54(60(50)74-76)66(12,13)14/h19-36H,1-18H3. The number of hydrogen-bond donors (Lipinski definition) is 0. The SMILES string of the molecule is COc1cc(C(C)(C)C)c2op(-c3c(C)cc4ccccc4c3-c3c(-p4oc5c(C(C)(C)C)cc(OC)cc5c5cc(OC)cc(C(C)(C)C)c5o4)c(C)cc4ccccc34)oc3c(C(C)(C)C)cc(OC)cc3c2c1. The molecule has 2 heterocycles. The van der Waals surface area contributed by atoms with Crippen LogP contribution in [-0.4, -0.2) is 28.4 Å². The molecular weight excluding hydrogens is 983 g/mol. The number of hydrogen-bond acceptors (Lipinski definition) is 8. The summed E-state index contributed by atoms with van der Waals surface area (Å²) in [6.45, 7) is 31.0. The van der Waals surface area contributed by atoms with Crippen molar-refractivity contribution in [1.29, 1.82) is 0 Å². The molecule has 0 bridgehead atoms. The highest BCUT2D eigenvalue weighted by molar-refractivity contribution is 7.47. The summed E-state index contributed by atoms with van der Waals surface area (Å²) >= 11 is 0. The van der Waals surface area contributed by atoms with Crippen molar-refractivity contribution in [3.63, 3.8) is 0 Å². The zero-order valence-corrected chi connectivity index (χ0v) is 49.3. The van der Waals surface area contributed by atoms with Crippen LogP contribution in [0.3, 0.4) is 0 Å². The second-order valence-electron chi connectivity index (χ2n) is 24.4. The van der Waals surface area contributed by atoms with Crippen molar-refractivity contribution in [2.75, 3.05) is 28.4 Å². The Morgan fingerprint density at radius 2 is 0.579 bits per heavy atom. The predicted octanol–water partition coefficient (Wildman–Crippen LogP) is 20.7. The van der Waals surface area contributed by atoms with Gasteiger partial charge in [0.05, 0.1) is 39.0 Å². The first-order valence-electron chi connectivity index (χ1n) is 26.1. The van der Waals surface area contributed by atoms with Crippen LogP contribution < -0.4 is 18.9 Å². The van der Waals surface area contributed by atoms with Gasteiger partial charge in [-0.15, -0.1) is 0 Å². The fourth-order valence-corrected chi connectivity index (χ4v) is 14.2. The van der Waals surface area contributed by atoms with Crippen LogP contribution in [0.2, 0.25) is 0 Å². The molecule has 0 aliphatic carbocycles. The van der Waals surface area contributed by atoms with Gasteiger partial charge in [0.2, 0.25) is 0 Å². The van der Waals surface area contributed by atoms with Crippen molar-refractivity contribution in [2.24, 2.45) is 0 Å². The normalized spacial score (nSPS) is 12.6. The number of benzene rings is 8. The maximum atomic E-state index is 7.77. The van der Waals surface area contributed by atoms with E-state index in [2.05, 4.69) is 206 Å². The third-order valence-electron chi connectivity index (χ3n) is 14.7. The van der Waals surface area contributed by atoms with Gasteiger partial charge in [-0.1, -0.05) is 144 Å². The monoisotopic (exact) mass is 1050 g/mol. The third kappa shape index (κ3) is 9.20. The van der Waals surface area contributed by atoms with Crippen LogP contribution in [0.4, 0.5) is 0 Å². The number of fused-ring (bicyclic) bond motifs is 8. The highest BCUT2D eigenvalue weighted by Gasteiger charge is 2.32. The lowest BCUT2D eigenvalue weighted by molar-refractivity contribution is 0.413. The minimum absolute atomic E-state index is 0.355. The van der Waals surface area contributed by atoms with Crippen molar-refractivity contribution in [2.45, 2.75) is 119 Å². The van der Waals surface area contributed by atoms with Gasteiger partial charge in [0.25, 0.3) is 16.0 Å². The zero-order valence-electron chi connectivity index (χ0n) is 47.6. The summed E-state index contributed by atoms with van der Waals surface area (Å²) in [5, 5.41) is 9.76. The average molecular weight is 1060 g/mol.